The van der Waals surface area contributed by atoms with Crippen LogP contribution in [0.15, 0.2) is 24.3 Å². The molecule has 1 aromatic carbocycles. The van der Waals surface area contributed by atoms with Crippen molar-refractivity contribution in [1.29, 1.82) is 0 Å². The van der Waals surface area contributed by atoms with Gasteiger partial charge in [0.1, 0.15) is 0 Å². The van der Waals surface area contributed by atoms with E-state index in [1.165, 1.54) is 11.1 Å². The number of hydrogen-bond donors (Lipinski definition) is 0. The molecule has 100 valence electrons. The number of carbonyl (C=O) groups is 1. The first kappa shape index (κ1) is 14.7. The molecule has 0 aliphatic heterocycles. The van der Waals surface area contributed by atoms with Crippen LogP contribution in [0.2, 0.25) is 0 Å². The summed E-state index contributed by atoms with van der Waals surface area (Å²) in [4.78, 5) is 15.6. The number of nitrogens with zero attached hydrogens (tertiary/aromatic N) is 2. The smallest absolute Gasteiger partial charge is 0.236 e. The van der Waals surface area contributed by atoms with E-state index in [2.05, 4.69) is 43.0 Å². The average Bonchev–Trinajstić information content (AvgIpc) is 2.32. The van der Waals surface area contributed by atoms with E-state index in [0.29, 0.717) is 6.54 Å². The molecule has 0 radical (unpaired) electrons. The van der Waals surface area contributed by atoms with Crippen molar-refractivity contribution in [3.05, 3.63) is 35.4 Å². The Morgan fingerprint density at radius 3 is 2.28 bits per heavy atom. The maximum absolute atomic E-state index is 11.8. The van der Waals surface area contributed by atoms with Crippen molar-refractivity contribution in [2.45, 2.75) is 26.8 Å². The molecule has 1 amide bonds. The lowest BCUT2D eigenvalue weighted by atomic mass is 10.1. The maximum Gasteiger partial charge on any atom is 0.236 e. The highest BCUT2D eigenvalue weighted by Crippen LogP contribution is 2.07. The zero-order chi connectivity index (χ0) is 13.5. The Balaban J connectivity index is 2.62. The van der Waals surface area contributed by atoms with Gasteiger partial charge in [0.05, 0.1) is 6.54 Å². The van der Waals surface area contributed by atoms with Crippen LogP contribution in [0.1, 0.15) is 24.5 Å². The van der Waals surface area contributed by atoms with Crippen molar-refractivity contribution in [3.8, 4) is 0 Å². The summed E-state index contributed by atoms with van der Waals surface area (Å²) in [6.45, 7) is 6.52. The van der Waals surface area contributed by atoms with Gasteiger partial charge in [0.2, 0.25) is 5.91 Å². The van der Waals surface area contributed by atoms with E-state index in [0.717, 1.165) is 19.5 Å². The van der Waals surface area contributed by atoms with E-state index in [-0.39, 0.29) is 5.91 Å². The molecule has 0 N–H and O–H groups in total. The van der Waals surface area contributed by atoms with Crippen LogP contribution in [-0.2, 0) is 11.3 Å². The second-order valence-electron chi connectivity index (χ2n) is 4.98. The zero-order valence-corrected chi connectivity index (χ0v) is 11.9. The summed E-state index contributed by atoms with van der Waals surface area (Å²) >= 11 is 0. The fraction of sp³-hybridized carbons (Fsp3) is 0.533. The van der Waals surface area contributed by atoms with Gasteiger partial charge in [-0.05, 0) is 25.5 Å². The van der Waals surface area contributed by atoms with E-state index in [1.54, 1.807) is 19.0 Å². The van der Waals surface area contributed by atoms with Crippen molar-refractivity contribution in [3.63, 3.8) is 0 Å². The van der Waals surface area contributed by atoms with Crippen LogP contribution in [0.25, 0.3) is 0 Å². The Morgan fingerprint density at radius 1 is 1.17 bits per heavy atom. The van der Waals surface area contributed by atoms with E-state index in [9.17, 15) is 4.79 Å². The monoisotopic (exact) mass is 248 g/mol. The van der Waals surface area contributed by atoms with Gasteiger partial charge in [0.25, 0.3) is 0 Å². The van der Waals surface area contributed by atoms with E-state index in [4.69, 9.17) is 0 Å². The minimum absolute atomic E-state index is 0.163. The summed E-state index contributed by atoms with van der Waals surface area (Å²) in [6, 6.07) is 8.51. The topological polar surface area (TPSA) is 23.6 Å². The molecule has 3 nitrogen and oxygen atoms in total. The number of hydrogen-bond acceptors (Lipinski definition) is 2. The van der Waals surface area contributed by atoms with E-state index >= 15 is 0 Å². The third kappa shape index (κ3) is 4.88. The van der Waals surface area contributed by atoms with Gasteiger partial charge >= 0.3 is 0 Å². The number of benzene rings is 1. The van der Waals surface area contributed by atoms with Crippen molar-refractivity contribution in [2.24, 2.45) is 0 Å². The van der Waals surface area contributed by atoms with Crippen molar-refractivity contribution in [2.75, 3.05) is 27.2 Å². The van der Waals surface area contributed by atoms with Crippen LogP contribution >= 0.6 is 0 Å². The highest BCUT2D eigenvalue weighted by molar-refractivity contribution is 5.77. The van der Waals surface area contributed by atoms with Crippen molar-refractivity contribution >= 4 is 5.91 Å². The van der Waals surface area contributed by atoms with E-state index in [1.807, 2.05) is 0 Å². The normalized spacial score (nSPS) is 10.7. The molecule has 0 spiro atoms. The van der Waals surface area contributed by atoms with Crippen molar-refractivity contribution in [1.82, 2.24) is 9.80 Å². The molecule has 0 atom stereocenters. The third-order valence-corrected chi connectivity index (χ3v) is 2.92. The molecule has 0 saturated carbocycles. The van der Waals surface area contributed by atoms with Gasteiger partial charge in [-0.25, -0.2) is 0 Å². The Kier molecular flexibility index (Phi) is 5.86. The number of likely N-dealkylation sites (N-methyl/N-ethyl adjacent to an activating group) is 1. The SMILES string of the molecule is CCCN(CC(=O)N(C)C)Cc1ccc(C)cc1. The fourth-order valence-corrected chi connectivity index (χ4v) is 1.81. The summed E-state index contributed by atoms with van der Waals surface area (Å²) in [5.41, 5.74) is 2.53. The van der Waals surface area contributed by atoms with Crippen LogP contribution in [0.5, 0.6) is 0 Å². The largest absolute Gasteiger partial charge is 0.348 e. The Labute approximate surface area is 110 Å². The standard InChI is InChI=1S/C15H24N2O/c1-5-10-17(12-15(18)16(3)4)11-14-8-6-13(2)7-9-14/h6-9H,5,10-12H2,1-4H3. The lowest BCUT2D eigenvalue weighted by Gasteiger charge is -2.23. The molecule has 0 unspecified atom stereocenters. The van der Waals surface area contributed by atoms with Gasteiger partial charge in [0.15, 0.2) is 0 Å². The van der Waals surface area contributed by atoms with Gasteiger partial charge in [-0.15, -0.1) is 0 Å². The van der Waals surface area contributed by atoms with Gasteiger partial charge < -0.3 is 4.90 Å². The van der Waals surface area contributed by atoms with E-state index < -0.39 is 0 Å². The molecule has 1 aromatic rings. The average molecular weight is 248 g/mol. The predicted molar refractivity (Wildman–Crippen MR) is 75.4 cm³/mol. The molecule has 0 saturated heterocycles. The summed E-state index contributed by atoms with van der Waals surface area (Å²) < 4.78 is 0. The first-order chi connectivity index (χ1) is 8.52. The molecule has 3 heteroatoms. The molecule has 0 aliphatic carbocycles. The minimum Gasteiger partial charge on any atom is -0.348 e. The van der Waals surface area contributed by atoms with Crippen LogP contribution < -0.4 is 0 Å². The molecule has 18 heavy (non-hydrogen) atoms. The third-order valence-electron chi connectivity index (χ3n) is 2.92. The summed E-state index contributed by atoms with van der Waals surface area (Å²) in [6.07, 6.45) is 1.06. The maximum atomic E-state index is 11.8. The van der Waals surface area contributed by atoms with Gasteiger partial charge in [-0.2, -0.15) is 0 Å². The Hall–Kier alpha value is -1.35. The molecule has 0 bridgehead atoms. The number of rotatable bonds is 6. The molecule has 0 aromatic heterocycles. The summed E-state index contributed by atoms with van der Waals surface area (Å²) in [7, 11) is 3.61. The second-order valence-corrected chi connectivity index (χ2v) is 4.98. The lowest BCUT2D eigenvalue weighted by molar-refractivity contribution is -0.130. The molecule has 1 rings (SSSR count). The molecule has 0 fully saturated rings. The van der Waals surface area contributed by atoms with Crippen LogP contribution in [-0.4, -0.2) is 42.9 Å². The first-order valence-electron chi connectivity index (χ1n) is 6.51. The minimum atomic E-state index is 0.163. The Bertz CT molecular complexity index is 371. The highest BCUT2D eigenvalue weighted by atomic mass is 16.2. The van der Waals surface area contributed by atoms with Crippen LogP contribution in [0, 0.1) is 6.92 Å². The molecular formula is C15H24N2O. The zero-order valence-electron chi connectivity index (χ0n) is 11.9. The molecule has 0 heterocycles. The van der Waals surface area contributed by atoms with Crippen LogP contribution in [0.3, 0.4) is 0 Å². The molecular weight excluding hydrogens is 224 g/mol. The van der Waals surface area contributed by atoms with Crippen molar-refractivity contribution < 1.29 is 4.79 Å². The Morgan fingerprint density at radius 2 is 1.78 bits per heavy atom. The number of carbonyl (C=O) groups excluding carboxylic acids is 1. The second kappa shape index (κ2) is 7.17. The number of amides is 1. The van der Waals surface area contributed by atoms with Gasteiger partial charge in [-0.1, -0.05) is 36.8 Å². The van der Waals surface area contributed by atoms with Gasteiger partial charge in [-0.3, -0.25) is 9.69 Å². The quantitative estimate of drug-likeness (QED) is 0.771. The number of aryl methyl sites for hydroxylation is 1. The lowest BCUT2D eigenvalue weighted by Crippen LogP contribution is -2.36. The fourth-order valence-electron chi connectivity index (χ4n) is 1.81. The van der Waals surface area contributed by atoms with Crippen LogP contribution in [0.4, 0.5) is 0 Å². The molecule has 0 aliphatic rings. The predicted octanol–water partition coefficient (Wildman–Crippen LogP) is 2.30. The summed E-state index contributed by atoms with van der Waals surface area (Å²) in [5, 5.41) is 0. The first-order valence-corrected chi connectivity index (χ1v) is 6.51. The van der Waals surface area contributed by atoms with Gasteiger partial charge in [0, 0.05) is 20.6 Å². The summed E-state index contributed by atoms with van der Waals surface area (Å²) in [5.74, 6) is 0.163. The highest BCUT2D eigenvalue weighted by Gasteiger charge is 2.11.